The molecule has 17 heavy (non-hydrogen) atoms. The number of H-pyrrole nitrogens is 1. The number of methoxy groups -OCH3 is 1. The molecule has 0 fully saturated rings. The molecule has 0 radical (unpaired) electrons. The Morgan fingerprint density at radius 2 is 1.76 bits per heavy atom. The number of rotatable bonds is 2. The van der Waals surface area contributed by atoms with Crippen LogP contribution in [0.2, 0.25) is 0 Å². The Hall–Kier alpha value is -1.77. The fourth-order valence-corrected chi connectivity index (χ4v) is 1.59. The van der Waals surface area contributed by atoms with Gasteiger partial charge in [-0.15, -0.1) is 0 Å². The van der Waals surface area contributed by atoms with Gasteiger partial charge in [0.05, 0.1) is 12.8 Å². The Balaban J connectivity index is 0.000000686. The van der Waals surface area contributed by atoms with E-state index in [4.69, 9.17) is 4.74 Å². The molecule has 2 rings (SSSR count). The minimum absolute atomic E-state index is 0.854. The lowest BCUT2D eigenvalue weighted by atomic mass is 10.1. The summed E-state index contributed by atoms with van der Waals surface area (Å²) < 4.78 is 5.31. The van der Waals surface area contributed by atoms with E-state index in [-0.39, 0.29) is 0 Å². The van der Waals surface area contributed by atoms with Gasteiger partial charge in [0.15, 0.2) is 0 Å². The third-order valence-corrected chi connectivity index (χ3v) is 2.62. The van der Waals surface area contributed by atoms with Gasteiger partial charge in [0.2, 0.25) is 0 Å². The number of hydrogen-bond acceptors (Lipinski definition) is 2. The average Bonchev–Trinajstić information content (AvgIpc) is 2.72. The summed E-state index contributed by atoms with van der Waals surface area (Å²) in [4.78, 5) is 0. The maximum atomic E-state index is 5.31. The number of benzene rings is 1. The maximum Gasteiger partial charge on any atom is 0.128 e. The zero-order valence-corrected chi connectivity index (χ0v) is 11.2. The molecular formula is C14H20N2O. The molecule has 0 aliphatic heterocycles. The van der Waals surface area contributed by atoms with Crippen molar-refractivity contribution >= 4 is 0 Å². The van der Waals surface area contributed by atoms with E-state index in [1.807, 2.05) is 45.0 Å². The van der Waals surface area contributed by atoms with Crippen LogP contribution in [0.3, 0.4) is 0 Å². The average molecular weight is 232 g/mol. The van der Waals surface area contributed by atoms with Crippen LogP contribution in [-0.2, 0) is 0 Å². The highest BCUT2D eigenvalue weighted by atomic mass is 16.5. The number of aromatic amines is 1. The van der Waals surface area contributed by atoms with Gasteiger partial charge in [-0.25, -0.2) is 0 Å². The highest BCUT2D eigenvalue weighted by molar-refractivity contribution is 5.70. The molecule has 0 bridgehead atoms. The first-order valence-electron chi connectivity index (χ1n) is 5.89. The Kier molecular flexibility index (Phi) is 4.76. The molecule has 0 atom stereocenters. The summed E-state index contributed by atoms with van der Waals surface area (Å²) in [6.07, 6.45) is 0. The quantitative estimate of drug-likeness (QED) is 0.856. The van der Waals surface area contributed by atoms with E-state index in [2.05, 4.69) is 17.1 Å². The highest BCUT2D eigenvalue weighted by Gasteiger charge is 2.11. The van der Waals surface area contributed by atoms with Gasteiger partial charge in [-0.3, -0.25) is 5.10 Å². The summed E-state index contributed by atoms with van der Waals surface area (Å²) >= 11 is 0. The summed E-state index contributed by atoms with van der Waals surface area (Å²) in [6.45, 7) is 8.07. The van der Waals surface area contributed by atoms with Gasteiger partial charge in [-0.05, 0) is 31.5 Å². The lowest BCUT2D eigenvalue weighted by Gasteiger charge is -2.06. The Bertz CT molecular complexity index is 475. The van der Waals surface area contributed by atoms with Gasteiger partial charge >= 0.3 is 0 Å². The van der Waals surface area contributed by atoms with Gasteiger partial charge in [-0.2, -0.15) is 5.10 Å². The minimum atomic E-state index is 0.854. The van der Waals surface area contributed by atoms with Crippen LogP contribution in [0.15, 0.2) is 24.3 Å². The van der Waals surface area contributed by atoms with Crippen molar-refractivity contribution in [2.75, 3.05) is 7.11 Å². The van der Waals surface area contributed by atoms with Crippen molar-refractivity contribution in [3.8, 4) is 17.0 Å². The SMILES string of the molecule is CC.COc1ccccc1-c1n[nH]c(C)c1C. The second-order valence-corrected chi connectivity index (χ2v) is 3.52. The predicted octanol–water partition coefficient (Wildman–Crippen LogP) is 3.73. The number of nitrogens with one attached hydrogen (secondary N) is 1. The van der Waals surface area contributed by atoms with Crippen LogP contribution in [0.4, 0.5) is 0 Å². The van der Waals surface area contributed by atoms with Crippen molar-refractivity contribution in [3.63, 3.8) is 0 Å². The van der Waals surface area contributed by atoms with Crippen LogP contribution in [0, 0.1) is 13.8 Å². The molecule has 92 valence electrons. The largest absolute Gasteiger partial charge is 0.496 e. The maximum absolute atomic E-state index is 5.31. The standard InChI is InChI=1S/C12H14N2O.C2H6/c1-8-9(2)13-14-12(8)10-6-4-5-7-11(10)15-3;1-2/h4-7H,1-3H3,(H,13,14);1-2H3. The molecule has 2 aromatic rings. The first-order valence-corrected chi connectivity index (χ1v) is 5.89. The van der Waals surface area contributed by atoms with Crippen molar-refractivity contribution < 1.29 is 4.74 Å². The second kappa shape index (κ2) is 6.09. The van der Waals surface area contributed by atoms with E-state index in [0.717, 1.165) is 22.7 Å². The zero-order chi connectivity index (χ0) is 12.8. The van der Waals surface area contributed by atoms with Gasteiger partial charge in [0, 0.05) is 11.3 Å². The van der Waals surface area contributed by atoms with E-state index < -0.39 is 0 Å². The Labute approximate surface area is 103 Å². The number of hydrogen-bond donors (Lipinski definition) is 1. The lowest BCUT2D eigenvalue weighted by Crippen LogP contribution is -1.88. The number of nitrogens with zero attached hydrogens (tertiary/aromatic N) is 1. The smallest absolute Gasteiger partial charge is 0.128 e. The molecule has 0 saturated heterocycles. The normalized spacial score (nSPS) is 9.47. The molecule has 1 N–H and O–H groups in total. The molecule has 1 aromatic heterocycles. The van der Waals surface area contributed by atoms with E-state index in [1.54, 1.807) is 7.11 Å². The first kappa shape index (κ1) is 13.3. The summed E-state index contributed by atoms with van der Waals surface area (Å²) in [5.41, 5.74) is 4.25. The van der Waals surface area contributed by atoms with E-state index >= 15 is 0 Å². The van der Waals surface area contributed by atoms with E-state index in [1.165, 1.54) is 5.56 Å². The number of aryl methyl sites for hydroxylation is 1. The van der Waals surface area contributed by atoms with Crippen LogP contribution < -0.4 is 4.74 Å². The van der Waals surface area contributed by atoms with Crippen molar-refractivity contribution in [1.82, 2.24) is 10.2 Å². The van der Waals surface area contributed by atoms with Crippen molar-refractivity contribution in [2.24, 2.45) is 0 Å². The summed E-state index contributed by atoms with van der Waals surface area (Å²) in [5, 5.41) is 7.27. The molecule has 3 nitrogen and oxygen atoms in total. The molecule has 0 aliphatic rings. The van der Waals surface area contributed by atoms with Gasteiger partial charge < -0.3 is 4.74 Å². The molecule has 0 spiro atoms. The van der Waals surface area contributed by atoms with Gasteiger partial charge in [0.1, 0.15) is 5.75 Å². The lowest BCUT2D eigenvalue weighted by molar-refractivity contribution is 0.416. The molecule has 0 amide bonds. The fourth-order valence-electron chi connectivity index (χ4n) is 1.59. The molecular weight excluding hydrogens is 212 g/mol. The zero-order valence-electron chi connectivity index (χ0n) is 11.2. The summed E-state index contributed by atoms with van der Waals surface area (Å²) in [6, 6.07) is 7.90. The first-order chi connectivity index (χ1) is 8.24. The fraction of sp³-hybridized carbons (Fsp3) is 0.357. The Morgan fingerprint density at radius 1 is 1.12 bits per heavy atom. The van der Waals surface area contributed by atoms with Crippen molar-refractivity contribution in [3.05, 3.63) is 35.5 Å². The third kappa shape index (κ3) is 2.67. The molecule has 0 unspecified atom stereocenters. The topological polar surface area (TPSA) is 37.9 Å². The molecule has 1 aromatic carbocycles. The number of para-hydroxylation sites is 1. The van der Waals surface area contributed by atoms with E-state index in [9.17, 15) is 0 Å². The molecule has 3 heteroatoms. The van der Waals surface area contributed by atoms with Crippen LogP contribution in [0.5, 0.6) is 5.75 Å². The number of ether oxygens (including phenoxy) is 1. The van der Waals surface area contributed by atoms with Crippen molar-refractivity contribution in [1.29, 1.82) is 0 Å². The molecule has 0 saturated carbocycles. The summed E-state index contributed by atoms with van der Waals surface area (Å²) in [7, 11) is 1.67. The second-order valence-electron chi connectivity index (χ2n) is 3.52. The molecule has 1 heterocycles. The van der Waals surface area contributed by atoms with Crippen LogP contribution in [-0.4, -0.2) is 17.3 Å². The Morgan fingerprint density at radius 3 is 2.29 bits per heavy atom. The van der Waals surface area contributed by atoms with Gasteiger partial charge in [0.25, 0.3) is 0 Å². The molecule has 0 aliphatic carbocycles. The third-order valence-electron chi connectivity index (χ3n) is 2.62. The van der Waals surface area contributed by atoms with Crippen LogP contribution >= 0.6 is 0 Å². The van der Waals surface area contributed by atoms with Crippen LogP contribution in [0.25, 0.3) is 11.3 Å². The number of aromatic nitrogens is 2. The van der Waals surface area contributed by atoms with Crippen molar-refractivity contribution in [2.45, 2.75) is 27.7 Å². The minimum Gasteiger partial charge on any atom is -0.496 e. The highest BCUT2D eigenvalue weighted by Crippen LogP contribution is 2.30. The summed E-state index contributed by atoms with van der Waals surface area (Å²) in [5.74, 6) is 0.854. The van der Waals surface area contributed by atoms with Crippen LogP contribution in [0.1, 0.15) is 25.1 Å². The monoisotopic (exact) mass is 232 g/mol. The predicted molar refractivity (Wildman–Crippen MR) is 71.4 cm³/mol. The van der Waals surface area contributed by atoms with E-state index in [0.29, 0.717) is 0 Å². The van der Waals surface area contributed by atoms with Gasteiger partial charge in [-0.1, -0.05) is 26.0 Å².